The monoisotopic (exact) mass is 224 g/mol. The molecule has 1 fully saturated rings. The lowest BCUT2D eigenvalue weighted by Gasteiger charge is -2.18. The summed E-state index contributed by atoms with van der Waals surface area (Å²) in [5, 5.41) is 21.9. The molecule has 2 rings (SSSR count). The molecule has 0 amide bonds. The van der Waals surface area contributed by atoms with Gasteiger partial charge in [0.1, 0.15) is 5.82 Å². The zero-order valence-corrected chi connectivity index (χ0v) is 9.38. The van der Waals surface area contributed by atoms with Crippen molar-refractivity contribution in [2.75, 3.05) is 30.4 Å². The molecule has 0 radical (unpaired) electrons. The Labute approximate surface area is 94.0 Å². The van der Waals surface area contributed by atoms with E-state index < -0.39 is 12.2 Å². The fourth-order valence-electron chi connectivity index (χ4n) is 1.82. The van der Waals surface area contributed by atoms with E-state index in [-0.39, 0.29) is 0 Å². The van der Waals surface area contributed by atoms with Crippen molar-refractivity contribution in [3.63, 3.8) is 0 Å². The topological polar surface area (TPSA) is 81.5 Å². The van der Waals surface area contributed by atoms with Gasteiger partial charge in [-0.1, -0.05) is 0 Å². The van der Waals surface area contributed by atoms with Gasteiger partial charge in [-0.2, -0.15) is 4.98 Å². The number of hydrogen-bond donors (Lipinski definition) is 3. The lowest BCUT2D eigenvalue weighted by atomic mass is 10.3. The number of aromatic nitrogens is 2. The van der Waals surface area contributed by atoms with Gasteiger partial charge in [0.05, 0.1) is 12.2 Å². The highest BCUT2D eigenvalue weighted by molar-refractivity contribution is 5.50. The van der Waals surface area contributed by atoms with Crippen LogP contribution in [0.1, 0.15) is 5.56 Å². The van der Waals surface area contributed by atoms with E-state index in [4.69, 9.17) is 0 Å². The lowest BCUT2D eigenvalue weighted by Crippen LogP contribution is -2.23. The highest BCUT2D eigenvalue weighted by Crippen LogP contribution is 2.22. The molecule has 3 N–H and O–H groups in total. The number of rotatable bonds is 2. The van der Waals surface area contributed by atoms with Gasteiger partial charge in [-0.15, -0.1) is 0 Å². The largest absolute Gasteiger partial charge is 0.389 e. The Bertz CT molecular complexity index is 375. The summed E-state index contributed by atoms with van der Waals surface area (Å²) in [6.07, 6.45) is 0.324. The molecule has 1 saturated heterocycles. The van der Waals surface area contributed by atoms with E-state index >= 15 is 0 Å². The summed E-state index contributed by atoms with van der Waals surface area (Å²) in [5.41, 5.74) is 0.931. The fourth-order valence-corrected chi connectivity index (χ4v) is 1.82. The average Bonchev–Trinajstić information content (AvgIpc) is 2.60. The van der Waals surface area contributed by atoms with Crippen LogP contribution in [-0.4, -0.2) is 52.5 Å². The van der Waals surface area contributed by atoms with E-state index in [1.54, 1.807) is 13.2 Å². The molecule has 6 heteroatoms. The van der Waals surface area contributed by atoms with Crippen LogP contribution in [-0.2, 0) is 0 Å². The van der Waals surface area contributed by atoms with Crippen molar-refractivity contribution in [2.45, 2.75) is 19.1 Å². The van der Waals surface area contributed by atoms with Crippen molar-refractivity contribution >= 4 is 11.8 Å². The van der Waals surface area contributed by atoms with Crippen molar-refractivity contribution in [3.8, 4) is 0 Å². The molecule has 2 heterocycles. The van der Waals surface area contributed by atoms with Crippen LogP contribution < -0.4 is 10.2 Å². The molecule has 1 aromatic rings. The number of β-amino-alcohol motifs (C(OH)–C–C–N with tert-alkyl or cyclic N) is 2. The maximum Gasteiger partial charge on any atom is 0.224 e. The van der Waals surface area contributed by atoms with Gasteiger partial charge in [-0.3, -0.25) is 0 Å². The van der Waals surface area contributed by atoms with Crippen LogP contribution in [0.15, 0.2) is 6.20 Å². The molecule has 0 saturated carbocycles. The molecule has 1 aliphatic rings. The van der Waals surface area contributed by atoms with Crippen LogP contribution in [0.25, 0.3) is 0 Å². The zero-order chi connectivity index (χ0) is 11.7. The molecular formula is C10H16N4O2. The molecule has 1 aromatic heterocycles. The van der Waals surface area contributed by atoms with Gasteiger partial charge in [0, 0.05) is 31.9 Å². The van der Waals surface area contributed by atoms with Crippen molar-refractivity contribution in [2.24, 2.45) is 0 Å². The summed E-state index contributed by atoms with van der Waals surface area (Å²) in [4.78, 5) is 10.3. The SMILES string of the molecule is CNc1ncc(C)c(N2CC(O)C(O)C2)n1. The zero-order valence-electron chi connectivity index (χ0n) is 9.38. The Hall–Kier alpha value is -1.40. The lowest BCUT2D eigenvalue weighted by molar-refractivity contribution is 0.0572. The molecule has 88 valence electrons. The smallest absolute Gasteiger partial charge is 0.224 e. The summed E-state index contributed by atoms with van der Waals surface area (Å²) in [6, 6.07) is 0. The second-order valence-electron chi connectivity index (χ2n) is 3.99. The summed E-state index contributed by atoms with van der Waals surface area (Å²) in [5.74, 6) is 1.30. The summed E-state index contributed by atoms with van der Waals surface area (Å²) >= 11 is 0. The number of nitrogens with zero attached hydrogens (tertiary/aromatic N) is 3. The summed E-state index contributed by atoms with van der Waals surface area (Å²) < 4.78 is 0. The van der Waals surface area contributed by atoms with Gasteiger partial charge < -0.3 is 20.4 Å². The van der Waals surface area contributed by atoms with Gasteiger partial charge >= 0.3 is 0 Å². The minimum absolute atomic E-state index is 0.405. The van der Waals surface area contributed by atoms with Crippen LogP contribution in [0, 0.1) is 6.92 Å². The van der Waals surface area contributed by atoms with Crippen molar-refractivity contribution < 1.29 is 10.2 Å². The first kappa shape index (κ1) is 11.1. The first-order chi connectivity index (χ1) is 7.61. The Morgan fingerprint density at radius 3 is 2.56 bits per heavy atom. The van der Waals surface area contributed by atoms with Crippen molar-refractivity contribution in [1.82, 2.24) is 9.97 Å². The molecule has 2 unspecified atom stereocenters. The van der Waals surface area contributed by atoms with Gasteiger partial charge in [0.15, 0.2) is 0 Å². The molecule has 0 spiro atoms. The molecule has 0 aromatic carbocycles. The highest BCUT2D eigenvalue weighted by atomic mass is 16.3. The first-order valence-electron chi connectivity index (χ1n) is 5.24. The van der Waals surface area contributed by atoms with Gasteiger partial charge in [0.2, 0.25) is 5.95 Å². The Balaban J connectivity index is 2.26. The Kier molecular flexibility index (Phi) is 2.93. The van der Waals surface area contributed by atoms with E-state index in [0.29, 0.717) is 19.0 Å². The van der Waals surface area contributed by atoms with Crippen LogP contribution >= 0.6 is 0 Å². The molecule has 0 bridgehead atoms. The molecule has 1 aliphatic heterocycles. The predicted octanol–water partition coefficient (Wildman–Crippen LogP) is -0.631. The van der Waals surface area contributed by atoms with Crippen molar-refractivity contribution in [1.29, 1.82) is 0 Å². The first-order valence-corrected chi connectivity index (χ1v) is 5.24. The Morgan fingerprint density at radius 2 is 2.00 bits per heavy atom. The molecule has 16 heavy (non-hydrogen) atoms. The molecule has 2 atom stereocenters. The highest BCUT2D eigenvalue weighted by Gasteiger charge is 2.31. The number of aliphatic hydroxyl groups excluding tert-OH is 2. The number of aliphatic hydroxyl groups is 2. The van der Waals surface area contributed by atoms with E-state index in [2.05, 4.69) is 15.3 Å². The third kappa shape index (κ3) is 1.94. The predicted molar refractivity (Wildman–Crippen MR) is 60.5 cm³/mol. The normalized spacial score (nSPS) is 24.9. The third-order valence-corrected chi connectivity index (χ3v) is 2.73. The minimum atomic E-state index is -0.701. The van der Waals surface area contributed by atoms with E-state index in [1.165, 1.54) is 0 Å². The molecule has 0 aliphatic carbocycles. The van der Waals surface area contributed by atoms with Crippen LogP contribution in [0.3, 0.4) is 0 Å². The quantitative estimate of drug-likeness (QED) is 0.620. The maximum atomic E-state index is 9.50. The van der Waals surface area contributed by atoms with E-state index in [9.17, 15) is 10.2 Å². The number of anilines is 2. The second-order valence-corrected chi connectivity index (χ2v) is 3.99. The Morgan fingerprint density at radius 1 is 1.38 bits per heavy atom. The summed E-state index contributed by atoms with van der Waals surface area (Å²) in [7, 11) is 1.75. The number of hydrogen-bond acceptors (Lipinski definition) is 6. The van der Waals surface area contributed by atoms with Crippen LogP contribution in [0.5, 0.6) is 0 Å². The molecule has 6 nitrogen and oxygen atoms in total. The third-order valence-electron chi connectivity index (χ3n) is 2.73. The minimum Gasteiger partial charge on any atom is -0.389 e. The van der Waals surface area contributed by atoms with Crippen molar-refractivity contribution in [3.05, 3.63) is 11.8 Å². The molecular weight excluding hydrogens is 208 g/mol. The fraction of sp³-hybridized carbons (Fsp3) is 0.600. The van der Waals surface area contributed by atoms with Gasteiger partial charge in [0.25, 0.3) is 0 Å². The van der Waals surface area contributed by atoms with E-state index in [0.717, 1.165) is 11.4 Å². The maximum absolute atomic E-state index is 9.50. The van der Waals surface area contributed by atoms with Crippen LogP contribution in [0.2, 0.25) is 0 Å². The second kappa shape index (κ2) is 4.23. The number of nitrogens with one attached hydrogen (secondary N) is 1. The summed E-state index contributed by atoms with van der Waals surface area (Å²) in [6.45, 7) is 2.72. The standard InChI is InChI=1S/C10H16N4O2/c1-6-3-12-10(11-2)13-9(6)14-4-7(15)8(16)5-14/h3,7-8,15-16H,4-5H2,1-2H3,(H,11,12,13). The number of aryl methyl sites for hydroxylation is 1. The average molecular weight is 224 g/mol. The van der Waals surface area contributed by atoms with Crippen LogP contribution in [0.4, 0.5) is 11.8 Å². The van der Waals surface area contributed by atoms with Gasteiger partial charge in [-0.25, -0.2) is 4.98 Å². The van der Waals surface area contributed by atoms with Gasteiger partial charge in [-0.05, 0) is 6.92 Å². The van der Waals surface area contributed by atoms with E-state index in [1.807, 2.05) is 11.8 Å².